The second-order valence-electron chi connectivity index (χ2n) is 5.02. The van der Waals surface area contributed by atoms with Crippen LogP contribution in [-0.4, -0.2) is 16.3 Å². The summed E-state index contributed by atoms with van der Waals surface area (Å²) in [6.07, 6.45) is 1.77. The lowest BCUT2D eigenvalue weighted by atomic mass is 10.1. The normalized spacial score (nSPS) is 15.7. The minimum absolute atomic E-state index is 0.400. The van der Waals surface area contributed by atoms with Crippen LogP contribution in [0.15, 0.2) is 30.3 Å². The fourth-order valence-electron chi connectivity index (χ4n) is 2.60. The van der Waals surface area contributed by atoms with Gasteiger partial charge in [-0.2, -0.15) is 0 Å². The van der Waals surface area contributed by atoms with Crippen molar-refractivity contribution in [3.8, 4) is 0 Å². The summed E-state index contributed by atoms with van der Waals surface area (Å²) < 4.78 is 0. The number of aryl methyl sites for hydroxylation is 2. The molecule has 1 aromatic carbocycles. The van der Waals surface area contributed by atoms with Gasteiger partial charge in [-0.3, -0.25) is 9.59 Å². The summed E-state index contributed by atoms with van der Waals surface area (Å²) in [5.41, 5.74) is 4.61. The molecule has 1 aromatic heterocycles. The van der Waals surface area contributed by atoms with Crippen LogP contribution in [0, 0.1) is 13.8 Å². The van der Waals surface area contributed by atoms with E-state index in [1.54, 1.807) is 18.2 Å². The zero-order chi connectivity index (χ0) is 15.1. The minimum Gasteiger partial charge on any atom is -0.359 e. The van der Waals surface area contributed by atoms with E-state index in [0.29, 0.717) is 16.8 Å². The van der Waals surface area contributed by atoms with Gasteiger partial charge >= 0.3 is 5.37 Å². The molecule has 1 N–H and O–H groups in total. The van der Waals surface area contributed by atoms with Gasteiger partial charge < -0.3 is 4.98 Å². The third-order valence-electron chi connectivity index (χ3n) is 3.52. The molecule has 0 bridgehead atoms. The molecule has 106 valence electrons. The Morgan fingerprint density at radius 2 is 2.00 bits per heavy atom. The zero-order valence-corrected chi connectivity index (χ0v) is 12.4. The first kappa shape index (κ1) is 13.6. The van der Waals surface area contributed by atoms with Crippen molar-refractivity contribution in [1.82, 2.24) is 4.98 Å². The van der Waals surface area contributed by atoms with Crippen LogP contribution in [0.2, 0.25) is 0 Å². The van der Waals surface area contributed by atoms with Gasteiger partial charge in [0.1, 0.15) is 0 Å². The van der Waals surface area contributed by atoms with Crippen molar-refractivity contribution in [3.63, 3.8) is 0 Å². The molecule has 0 radical (unpaired) electrons. The van der Waals surface area contributed by atoms with Crippen LogP contribution >= 0.6 is 11.6 Å². The fourth-order valence-corrected chi connectivity index (χ4v) is 2.77. The Bertz CT molecular complexity index is 789. The molecule has 1 aliphatic heterocycles. The number of imide groups is 1. The summed E-state index contributed by atoms with van der Waals surface area (Å²) in [5.74, 6) is -0.400. The van der Waals surface area contributed by atoms with E-state index in [9.17, 15) is 9.59 Å². The molecule has 1 aliphatic rings. The Hall–Kier alpha value is -2.33. The highest BCUT2D eigenvalue weighted by Crippen LogP contribution is 2.38. The number of carbonyl (C=O) groups is 2. The number of amides is 2. The molecule has 0 aliphatic carbocycles. The number of rotatable bonds is 1. The Morgan fingerprint density at radius 3 is 2.62 bits per heavy atom. The number of nitrogens with one attached hydrogen (secondary N) is 1. The van der Waals surface area contributed by atoms with Gasteiger partial charge in [-0.05, 0) is 49.2 Å². The molecule has 5 heteroatoms. The second-order valence-corrected chi connectivity index (χ2v) is 5.34. The molecule has 21 heavy (non-hydrogen) atoms. The molecule has 2 heterocycles. The van der Waals surface area contributed by atoms with Crippen LogP contribution in [-0.2, 0) is 4.79 Å². The standard InChI is InChI=1S/C16H13ClN2O2/c1-9-7-10(2)18-13(9)8-12-11-5-3-4-6-14(11)19(15(12)20)16(17)21/h3-8,18H,1-2H3. The number of aromatic amines is 1. The molecule has 0 fully saturated rings. The van der Waals surface area contributed by atoms with Gasteiger partial charge in [-0.15, -0.1) is 0 Å². The number of H-pyrrole nitrogens is 1. The highest BCUT2D eigenvalue weighted by molar-refractivity contribution is 6.70. The molecule has 0 atom stereocenters. The first-order chi connectivity index (χ1) is 9.99. The maximum atomic E-state index is 12.5. The van der Waals surface area contributed by atoms with Crippen LogP contribution < -0.4 is 4.90 Å². The number of hydrogen-bond donors (Lipinski definition) is 1. The molecule has 4 nitrogen and oxygen atoms in total. The quantitative estimate of drug-likeness (QED) is 0.494. The highest BCUT2D eigenvalue weighted by atomic mass is 35.5. The van der Waals surface area contributed by atoms with E-state index in [0.717, 1.165) is 21.9 Å². The summed E-state index contributed by atoms with van der Waals surface area (Å²) in [7, 11) is 0. The number of para-hydroxylation sites is 1. The van der Waals surface area contributed by atoms with E-state index >= 15 is 0 Å². The Balaban J connectivity index is 2.18. The van der Waals surface area contributed by atoms with Crippen molar-refractivity contribution in [2.75, 3.05) is 4.90 Å². The molecule has 0 saturated carbocycles. The van der Waals surface area contributed by atoms with Crippen LogP contribution in [0.1, 0.15) is 22.5 Å². The molecule has 0 saturated heterocycles. The molecule has 3 rings (SSSR count). The first-order valence-corrected chi connectivity index (χ1v) is 6.88. The summed E-state index contributed by atoms with van der Waals surface area (Å²) in [6, 6.07) is 9.12. The van der Waals surface area contributed by atoms with Crippen molar-refractivity contribution in [2.45, 2.75) is 13.8 Å². The number of hydrogen-bond acceptors (Lipinski definition) is 2. The third kappa shape index (κ3) is 2.17. The molecule has 0 unspecified atom stereocenters. The lowest BCUT2D eigenvalue weighted by Gasteiger charge is -2.09. The van der Waals surface area contributed by atoms with E-state index < -0.39 is 11.3 Å². The zero-order valence-electron chi connectivity index (χ0n) is 11.6. The number of carbonyl (C=O) groups excluding carboxylic acids is 2. The number of benzene rings is 1. The number of fused-ring (bicyclic) bond motifs is 1. The molecule has 2 amide bonds. The van der Waals surface area contributed by atoms with Gasteiger partial charge in [0.15, 0.2) is 0 Å². The van der Waals surface area contributed by atoms with E-state index in [4.69, 9.17) is 11.6 Å². The predicted octanol–water partition coefficient (Wildman–Crippen LogP) is 3.88. The lowest BCUT2D eigenvalue weighted by Crippen LogP contribution is -2.28. The van der Waals surface area contributed by atoms with E-state index in [-0.39, 0.29) is 0 Å². The maximum absolute atomic E-state index is 12.5. The average Bonchev–Trinajstić information content (AvgIpc) is 2.88. The van der Waals surface area contributed by atoms with Gasteiger partial charge in [0.2, 0.25) is 0 Å². The first-order valence-electron chi connectivity index (χ1n) is 6.50. The minimum atomic E-state index is -0.796. The Labute approximate surface area is 127 Å². The van der Waals surface area contributed by atoms with Gasteiger partial charge in [0, 0.05) is 17.0 Å². The van der Waals surface area contributed by atoms with Gasteiger partial charge in [0.05, 0.1) is 11.3 Å². The molecular weight excluding hydrogens is 288 g/mol. The smallest absolute Gasteiger partial charge is 0.327 e. The third-order valence-corrected chi connectivity index (χ3v) is 3.69. The lowest BCUT2D eigenvalue weighted by molar-refractivity contribution is -0.112. The molecule has 0 spiro atoms. The Kier molecular flexibility index (Phi) is 3.18. The predicted molar refractivity (Wildman–Crippen MR) is 83.3 cm³/mol. The monoisotopic (exact) mass is 300 g/mol. The number of halogens is 1. The maximum Gasteiger partial charge on any atom is 0.327 e. The van der Waals surface area contributed by atoms with E-state index in [2.05, 4.69) is 4.98 Å². The Morgan fingerprint density at radius 1 is 1.29 bits per heavy atom. The summed E-state index contributed by atoms with van der Waals surface area (Å²) in [4.78, 5) is 28.2. The molecular formula is C16H13ClN2O2. The van der Waals surface area contributed by atoms with Gasteiger partial charge in [-0.1, -0.05) is 18.2 Å². The van der Waals surface area contributed by atoms with Crippen molar-refractivity contribution in [2.24, 2.45) is 0 Å². The van der Waals surface area contributed by atoms with Crippen molar-refractivity contribution in [1.29, 1.82) is 0 Å². The summed E-state index contributed by atoms with van der Waals surface area (Å²) >= 11 is 5.54. The van der Waals surface area contributed by atoms with Crippen LogP contribution in [0.3, 0.4) is 0 Å². The number of nitrogens with zero attached hydrogens (tertiary/aromatic N) is 1. The van der Waals surface area contributed by atoms with Gasteiger partial charge in [-0.25, -0.2) is 4.90 Å². The SMILES string of the molecule is Cc1cc(C)c(C=C2C(=O)N(C(=O)Cl)c3ccccc32)[nH]1. The molecule has 2 aromatic rings. The summed E-state index contributed by atoms with van der Waals surface area (Å²) in [5, 5.41) is -0.796. The van der Waals surface area contributed by atoms with Gasteiger partial charge in [0.25, 0.3) is 5.91 Å². The highest BCUT2D eigenvalue weighted by Gasteiger charge is 2.35. The van der Waals surface area contributed by atoms with E-state index in [1.807, 2.05) is 32.0 Å². The number of aromatic nitrogens is 1. The topological polar surface area (TPSA) is 53.2 Å². The fraction of sp³-hybridized carbons (Fsp3) is 0.125. The van der Waals surface area contributed by atoms with E-state index in [1.165, 1.54) is 0 Å². The van der Waals surface area contributed by atoms with Crippen molar-refractivity contribution in [3.05, 3.63) is 52.8 Å². The second kappa shape index (κ2) is 4.90. The summed E-state index contributed by atoms with van der Waals surface area (Å²) in [6.45, 7) is 3.92. The van der Waals surface area contributed by atoms with Crippen LogP contribution in [0.5, 0.6) is 0 Å². The van der Waals surface area contributed by atoms with Crippen LogP contribution in [0.4, 0.5) is 10.5 Å². The average molecular weight is 301 g/mol. The van der Waals surface area contributed by atoms with Crippen LogP contribution in [0.25, 0.3) is 11.6 Å². The van der Waals surface area contributed by atoms with Crippen molar-refractivity contribution < 1.29 is 9.59 Å². The number of anilines is 1. The largest absolute Gasteiger partial charge is 0.359 e. The van der Waals surface area contributed by atoms with Crippen molar-refractivity contribution >= 4 is 40.2 Å².